The molecule has 0 heterocycles. The minimum atomic E-state index is -1.10. The largest absolute Gasteiger partial charge is 0.365 e. The SMILES string of the molecule is ClCCCl.NC(=O)c1c(F)cccc1F. The summed E-state index contributed by atoms with van der Waals surface area (Å²) in [6.07, 6.45) is 0. The van der Waals surface area contributed by atoms with E-state index in [-0.39, 0.29) is 0 Å². The number of hydrogen-bond donors (Lipinski definition) is 1. The summed E-state index contributed by atoms with van der Waals surface area (Å²) in [5.41, 5.74) is 4.01. The molecule has 1 rings (SSSR count). The van der Waals surface area contributed by atoms with E-state index < -0.39 is 23.1 Å². The molecule has 2 N–H and O–H groups in total. The molecule has 0 saturated heterocycles. The lowest BCUT2D eigenvalue weighted by molar-refractivity contribution is 0.0992. The topological polar surface area (TPSA) is 43.1 Å². The number of benzene rings is 1. The number of alkyl halides is 2. The highest BCUT2D eigenvalue weighted by molar-refractivity contribution is 6.25. The van der Waals surface area contributed by atoms with Crippen LogP contribution in [0.5, 0.6) is 0 Å². The van der Waals surface area contributed by atoms with Crippen molar-refractivity contribution in [2.75, 3.05) is 11.8 Å². The van der Waals surface area contributed by atoms with Crippen LogP contribution >= 0.6 is 23.2 Å². The van der Waals surface area contributed by atoms with Gasteiger partial charge in [0.15, 0.2) is 0 Å². The molecule has 2 nitrogen and oxygen atoms in total. The van der Waals surface area contributed by atoms with Gasteiger partial charge in [0.2, 0.25) is 0 Å². The van der Waals surface area contributed by atoms with Gasteiger partial charge in [-0.15, -0.1) is 23.2 Å². The van der Waals surface area contributed by atoms with Gasteiger partial charge in [-0.3, -0.25) is 4.79 Å². The van der Waals surface area contributed by atoms with E-state index in [1.807, 2.05) is 0 Å². The molecule has 0 radical (unpaired) electrons. The summed E-state index contributed by atoms with van der Waals surface area (Å²) in [5.74, 6) is -1.85. The second kappa shape index (κ2) is 7.43. The van der Waals surface area contributed by atoms with Crippen LogP contribution in [0.2, 0.25) is 0 Å². The van der Waals surface area contributed by atoms with Gasteiger partial charge in [0.1, 0.15) is 17.2 Å². The summed E-state index contributed by atoms with van der Waals surface area (Å²) < 4.78 is 25.1. The van der Waals surface area contributed by atoms with Crippen LogP contribution in [-0.4, -0.2) is 17.7 Å². The fraction of sp³-hybridized carbons (Fsp3) is 0.222. The van der Waals surface area contributed by atoms with Crippen LogP contribution in [0.1, 0.15) is 10.4 Å². The standard InChI is InChI=1S/C7H5F2NO.C2H4Cl2/c8-4-2-1-3-5(9)6(4)7(10)11;3-1-2-4/h1-3H,(H2,10,11);1-2H2. The van der Waals surface area contributed by atoms with E-state index in [4.69, 9.17) is 28.9 Å². The smallest absolute Gasteiger partial charge is 0.254 e. The Kier molecular flexibility index (Phi) is 6.99. The van der Waals surface area contributed by atoms with E-state index >= 15 is 0 Å². The van der Waals surface area contributed by atoms with Crippen molar-refractivity contribution in [3.8, 4) is 0 Å². The molecule has 1 aromatic rings. The lowest BCUT2D eigenvalue weighted by Gasteiger charge is -1.97. The molecule has 0 unspecified atom stereocenters. The third-order valence-electron chi connectivity index (χ3n) is 1.28. The monoisotopic (exact) mass is 255 g/mol. The molecule has 1 amide bonds. The third kappa shape index (κ3) is 4.95. The zero-order valence-corrected chi connectivity index (χ0v) is 9.16. The van der Waals surface area contributed by atoms with Crippen LogP contribution in [-0.2, 0) is 0 Å². The van der Waals surface area contributed by atoms with Gasteiger partial charge in [0, 0.05) is 11.8 Å². The number of amides is 1. The zero-order valence-electron chi connectivity index (χ0n) is 7.64. The van der Waals surface area contributed by atoms with Crippen LogP contribution in [0.25, 0.3) is 0 Å². The summed E-state index contributed by atoms with van der Waals surface area (Å²) in [6, 6.07) is 3.11. The molecule has 0 atom stereocenters. The molecule has 1 aromatic carbocycles. The summed E-state index contributed by atoms with van der Waals surface area (Å²) in [6.45, 7) is 0. The van der Waals surface area contributed by atoms with Crippen molar-refractivity contribution in [3.63, 3.8) is 0 Å². The first-order valence-corrected chi connectivity index (χ1v) is 4.97. The summed E-state index contributed by atoms with van der Waals surface area (Å²) in [7, 11) is 0. The number of primary amides is 1. The maximum absolute atomic E-state index is 12.6. The van der Waals surface area contributed by atoms with E-state index in [0.717, 1.165) is 18.2 Å². The first kappa shape index (κ1) is 14.1. The quantitative estimate of drug-likeness (QED) is 0.812. The van der Waals surface area contributed by atoms with Gasteiger partial charge in [0.05, 0.1) is 0 Å². The molecular weight excluding hydrogens is 247 g/mol. The Morgan fingerprint density at radius 3 is 1.80 bits per heavy atom. The molecule has 0 aliphatic carbocycles. The van der Waals surface area contributed by atoms with Gasteiger partial charge in [-0.05, 0) is 12.1 Å². The lowest BCUT2D eigenvalue weighted by atomic mass is 10.2. The van der Waals surface area contributed by atoms with E-state index in [0.29, 0.717) is 11.8 Å². The van der Waals surface area contributed by atoms with Crippen LogP contribution < -0.4 is 5.73 Å². The van der Waals surface area contributed by atoms with Crippen molar-refractivity contribution in [1.82, 2.24) is 0 Å². The van der Waals surface area contributed by atoms with Gasteiger partial charge in [0.25, 0.3) is 5.91 Å². The molecule has 0 aromatic heterocycles. The minimum absolute atomic E-state index is 0.557. The van der Waals surface area contributed by atoms with Gasteiger partial charge in [-0.25, -0.2) is 8.78 Å². The minimum Gasteiger partial charge on any atom is -0.365 e. The van der Waals surface area contributed by atoms with Crippen molar-refractivity contribution in [2.24, 2.45) is 5.73 Å². The molecule has 0 spiro atoms. The van der Waals surface area contributed by atoms with Crippen molar-refractivity contribution >= 4 is 29.1 Å². The van der Waals surface area contributed by atoms with Crippen LogP contribution in [0, 0.1) is 11.6 Å². The van der Waals surface area contributed by atoms with Crippen molar-refractivity contribution in [1.29, 1.82) is 0 Å². The Morgan fingerprint density at radius 1 is 1.20 bits per heavy atom. The summed E-state index contributed by atoms with van der Waals surface area (Å²) >= 11 is 10.1. The van der Waals surface area contributed by atoms with Crippen LogP contribution in [0.3, 0.4) is 0 Å². The van der Waals surface area contributed by atoms with Gasteiger partial charge < -0.3 is 5.73 Å². The lowest BCUT2D eigenvalue weighted by Crippen LogP contribution is -2.15. The molecule has 0 aliphatic rings. The second-order valence-electron chi connectivity index (χ2n) is 2.34. The number of rotatable bonds is 2. The van der Waals surface area contributed by atoms with E-state index in [9.17, 15) is 13.6 Å². The third-order valence-corrected chi connectivity index (χ3v) is 1.85. The van der Waals surface area contributed by atoms with E-state index in [1.54, 1.807) is 0 Å². The van der Waals surface area contributed by atoms with Crippen molar-refractivity contribution < 1.29 is 13.6 Å². The first-order valence-electron chi connectivity index (χ1n) is 3.90. The Balaban J connectivity index is 0.000000423. The van der Waals surface area contributed by atoms with Crippen LogP contribution in [0.15, 0.2) is 18.2 Å². The van der Waals surface area contributed by atoms with Gasteiger partial charge in [-0.1, -0.05) is 6.07 Å². The highest BCUT2D eigenvalue weighted by Gasteiger charge is 2.12. The number of carbonyl (C=O) groups excluding carboxylic acids is 1. The second-order valence-corrected chi connectivity index (χ2v) is 3.09. The molecular formula is C9H9Cl2F2NO. The highest BCUT2D eigenvalue weighted by Crippen LogP contribution is 2.10. The number of nitrogens with two attached hydrogens (primary N) is 1. The normalized spacial score (nSPS) is 9.07. The molecule has 84 valence electrons. The van der Waals surface area contributed by atoms with Crippen molar-refractivity contribution in [3.05, 3.63) is 35.4 Å². The highest BCUT2D eigenvalue weighted by atomic mass is 35.5. The molecule has 0 saturated carbocycles. The molecule has 0 bridgehead atoms. The first-order chi connectivity index (χ1) is 7.04. The van der Waals surface area contributed by atoms with Crippen LogP contribution in [0.4, 0.5) is 8.78 Å². The molecule has 6 heteroatoms. The predicted molar refractivity (Wildman–Crippen MR) is 56.3 cm³/mol. The zero-order chi connectivity index (χ0) is 11.8. The Hall–Kier alpha value is -0.870. The summed E-state index contributed by atoms with van der Waals surface area (Å²) in [5, 5.41) is 0. The molecule has 0 aliphatic heterocycles. The maximum Gasteiger partial charge on any atom is 0.254 e. The van der Waals surface area contributed by atoms with Crippen molar-refractivity contribution in [2.45, 2.75) is 0 Å². The maximum atomic E-state index is 12.6. The molecule has 15 heavy (non-hydrogen) atoms. The molecule has 0 fully saturated rings. The average Bonchev–Trinajstić information content (AvgIpc) is 2.17. The fourth-order valence-electron chi connectivity index (χ4n) is 0.733. The van der Waals surface area contributed by atoms with E-state index in [2.05, 4.69) is 0 Å². The van der Waals surface area contributed by atoms with Gasteiger partial charge in [-0.2, -0.15) is 0 Å². The Morgan fingerprint density at radius 2 is 1.60 bits per heavy atom. The van der Waals surface area contributed by atoms with E-state index in [1.165, 1.54) is 0 Å². The Labute approximate surface area is 96.0 Å². The average molecular weight is 256 g/mol. The number of hydrogen-bond acceptors (Lipinski definition) is 1. The number of halogens is 4. The summed E-state index contributed by atoms with van der Waals surface area (Å²) in [4.78, 5) is 10.4. The number of carbonyl (C=O) groups is 1. The predicted octanol–water partition coefficient (Wildman–Crippen LogP) is 2.53. The Bertz CT molecular complexity index is 312. The fourth-order valence-corrected chi connectivity index (χ4v) is 0.733. The van der Waals surface area contributed by atoms with Gasteiger partial charge >= 0.3 is 0 Å².